The molecule has 3 aromatic carbocycles. The summed E-state index contributed by atoms with van der Waals surface area (Å²) >= 11 is 0. The van der Waals surface area contributed by atoms with Crippen LogP contribution in [0.4, 0.5) is 5.69 Å². The van der Waals surface area contributed by atoms with Crippen molar-refractivity contribution in [3.63, 3.8) is 0 Å². The molecule has 0 spiro atoms. The van der Waals surface area contributed by atoms with Crippen molar-refractivity contribution < 1.29 is 14.6 Å². The number of amides is 1. The van der Waals surface area contributed by atoms with Crippen molar-refractivity contribution in [2.24, 2.45) is 11.0 Å². The van der Waals surface area contributed by atoms with Gasteiger partial charge in [0.1, 0.15) is 6.54 Å². The lowest BCUT2D eigenvalue weighted by atomic mass is 9.96. The first-order chi connectivity index (χ1) is 15.1. The summed E-state index contributed by atoms with van der Waals surface area (Å²) in [6.07, 6.45) is 3.29. The van der Waals surface area contributed by atoms with Gasteiger partial charge in [-0.3, -0.25) is 14.9 Å². The molecule has 0 aliphatic carbocycles. The van der Waals surface area contributed by atoms with Gasteiger partial charge in [-0.2, -0.15) is 5.10 Å². The number of piperidine rings is 1. The van der Waals surface area contributed by atoms with Gasteiger partial charge in [-0.1, -0.05) is 36.4 Å². The number of fused-ring (bicyclic) bond motifs is 1. The first-order valence-corrected chi connectivity index (χ1v) is 10.5. The van der Waals surface area contributed by atoms with E-state index in [4.69, 9.17) is 0 Å². The van der Waals surface area contributed by atoms with E-state index < -0.39 is 0 Å². The minimum absolute atomic E-state index is 0.0330. The van der Waals surface area contributed by atoms with Crippen LogP contribution >= 0.6 is 0 Å². The molecule has 158 valence electrons. The lowest BCUT2D eigenvalue weighted by molar-refractivity contribution is -0.919. The molecule has 3 aromatic rings. The molecule has 1 amide bonds. The lowest BCUT2D eigenvalue weighted by Crippen LogP contribution is -3.11. The number of carbonyl (C=O) groups excluding carboxylic acids is 1. The zero-order valence-corrected chi connectivity index (χ0v) is 17.2. The summed E-state index contributed by atoms with van der Waals surface area (Å²) in [5.41, 5.74) is 4.82. The van der Waals surface area contributed by atoms with Crippen molar-refractivity contribution in [1.82, 2.24) is 5.43 Å². The number of quaternary nitrogens is 1. The topological polar surface area (TPSA) is 89.0 Å². The number of likely N-dealkylation sites (tertiary alicyclic amines) is 1. The van der Waals surface area contributed by atoms with Crippen LogP contribution in [0, 0.1) is 16.0 Å². The quantitative estimate of drug-likeness (QED) is 0.367. The number of hydrogen-bond donors (Lipinski definition) is 2. The van der Waals surface area contributed by atoms with Crippen LogP contribution in [0.2, 0.25) is 0 Å². The van der Waals surface area contributed by atoms with Crippen LogP contribution in [0.25, 0.3) is 10.8 Å². The molecule has 2 N–H and O–H groups in total. The number of non-ortho nitro benzene ring substituents is 1. The fraction of sp³-hybridized carbons (Fsp3) is 0.250. The van der Waals surface area contributed by atoms with Gasteiger partial charge in [0.25, 0.3) is 5.69 Å². The molecule has 4 rings (SSSR count). The van der Waals surface area contributed by atoms with Crippen molar-refractivity contribution in [1.29, 1.82) is 0 Å². The van der Waals surface area contributed by atoms with E-state index in [1.807, 2.05) is 42.5 Å². The normalized spacial score (nSPS) is 18.8. The maximum Gasteiger partial charge on any atom is 0.269 e. The standard InChI is InChI=1S/C24H24N4O3/c29-24(26-25-16-19-5-8-20-3-1-2-4-22(20)15-19)21-11-13-27(14-12-21)17-18-6-9-23(10-7-18)28(30)31/h1-10,15-16,21H,11-14,17H2,(H,26,29)/p+1/b25-16-. The molecule has 1 heterocycles. The van der Waals surface area contributed by atoms with Gasteiger partial charge in [0, 0.05) is 30.5 Å². The maximum absolute atomic E-state index is 12.5. The summed E-state index contributed by atoms with van der Waals surface area (Å²) < 4.78 is 0. The van der Waals surface area contributed by atoms with Crippen LogP contribution in [-0.4, -0.2) is 30.1 Å². The highest BCUT2D eigenvalue weighted by atomic mass is 16.6. The average Bonchev–Trinajstić information content (AvgIpc) is 2.80. The Hall–Kier alpha value is -3.58. The minimum atomic E-state index is -0.386. The number of benzene rings is 3. The monoisotopic (exact) mass is 417 g/mol. The Labute approximate surface area is 180 Å². The number of hydrogen-bond acceptors (Lipinski definition) is 4. The zero-order chi connectivity index (χ0) is 21.6. The van der Waals surface area contributed by atoms with Crippen molar-refractivity contribution in [3.8, 4) is 0 Å². The summed E-state index contributed by atoms with van der Waals surface area (Å²) in [6.45, 7) is 2.60. The van der Waals surface area contributed by atoms with Crippen LogP contribution in [0.5, 0.6) is 0 Å². The smallest absolute Gasteiger partial charge is 0.269 e. The van der Waals surface area contributed by atoms with Gasteiger partial charge in [-0.15, -0.1) is 0 Å². The number of nitrogens with zero attached hydrogens (tertiary/aromatic N) is 2. The average molecular weight is 417 g/mol. The Balaban J connectivity index is 1.25. The first kappa shape index (κ1) is 20.7. The Morgan fingerprint density at radius 2 is 1.77 bits per heavy atom. The molecule has 1 aliphatic rings. The largest absolute Gasteiger partial charge is 0.331 e. The van der Waals surface area contributed by atoms with Gasteiger partial charge in [0.15, 0.2) is 0 Å². The highest BCUT2D eigenvalue weighted by Gasteiger charge is 2.27. The zero-order valence-electron chi connectivity index (χ0n) is 17.2. The second kappa shape index (κ2) is 9.49. The summed E-state index contributed by atoms with van der Waals surface area (Å²) in [5, 5.41) is 17.2. The number of hydrazone groups is 1. The van der Waals surface area contributed by atoms with Gasteiger partial charge in [-0.25, -0.2) is 5.43 Å². The fourth-order valence-corrected chi connectivity index (χ4v) is 4.04. The van der Waals surface area contributed by atoms with E-state index in [1.165, 1.54) is 10.3 Å². The molecule has 0 radical (unpaired) electrons. The van der Waals surface area contributed by atoms with E-state index in [0.717, 1.165) is 49.0 Å². The molecular weight excluding hydrogens is 392 g/mol. The summed E-state index contributed by atoms with van der Waals surface area (Å²) in [5.74, 6) is -0.0687. The van der Waals surface area contributed by atoms with Crippen molar-refractivity contribution in [3.05, 3.63) is 88.0 Å². The van der Waals surface area contributed by atoms with E-state index in [2.05, 4.69) is 22.7 Å². The number of nitro benzene ring substituents is 1. The van der Waals surface area contributed by atoms with E-state index >= 15 is 0 Å². The van der Waals surface area contributed by atoms with Gasteiger partial charge in [0.05, 0.1) is 30.1 Å². The first-order valence-electron chi connectivity index (χ1n) is 10.5. The van der Waals surface area contributed by atoms with Gasteiger partial charge < -0.3 is 4.90 Å². The predicted molar refractivity (Wildman–Crippen MR) is 120 cm³/mol. The summed E-state index contributed by atoms with van der Waals surface area (Å²) in [4.78, 5) is 24.2. The molecule has 0 bridgehead atoms. The molecule has 7 heteroatoms. The molecule has 31 heavy (non-hydrogen) atoms. The highest BCUT2D eigenvalue weighted by molar-refractivity contribution is 5.91. The Morgan fingerprint density at radius 3 is 2.48 bits per heavy atom. The molecular formula is C24H25N4O3+. The van der Waals surface area contributed by atoms with E-state index in [0.29, 0.717) is 0 Å². The van der Waals surface area contributed by atoms with E-state index in [-0.39, 0.29) is 22.4 Å². The van der Waals surface area contributed by atoms with Gasteiger partial charge >= 0.3 is 0 Å². The van der Waals surface area contributed by atoms with Crippen LogP contribution in [0.15, 0.2) is 71.8 Å². The number of rotatable bonds is 6. The van der Waals surface area contributed by atoms with E-state index in [9.17, 15) is 14.9 Å². The third-order valence-electron chi connectivity index (χ3n) is 5.83. The molecule has 0 atom stereocenters. The molecule has 1 fully saturated rings. The Kier molecular flexibility index (Phi) is 6.33. The molecule has 1 aliphatic heterocycles. The Bertz CT molecular complexity index is 1100. The van der Waals surface area contributed by atoms with Crippen LogP contribution in [0.1, 0.15) is 24.0 Å². The second-order valence-corrected chi connectivity index (χ2v) is 7.97. The van der Waals surface area contributed by atoms with Crippen LogP contribution < -0.4 is 10.3 Å². The molecule has 0 unspecified atom stereocenters. The molecule has 1 saturated heterocycles. The summed E-state index contributed by atoms with van der Waals surface area (Å²) in [6, 6.07) is 20.9. The molecule has 0 saturated carbocycles. The van der Waals surface area contributed by atoms with Crippen LogP contribution in [0.3, 0.4) is 0 Å². The number of carbonyl (C=O) groups is 1. The maximum atomic E-state index is 12.5. The number of nitro groups is 1. The SMILES string of the molecule is O=C(N/N=C\c1ccc2ccccc2c1)C1CC[NH+](Cc2ccc([N+](=O)[O-])cc2)CC1. The van der Waals surface area contributed by atoms with Gasteiger partial charge in [-0.05, 0) is 34.5 Å². The van der Waals surface area contributed by atoms with Crippen molar-refractivity contribution in [2.45, 2.75) is 19.4 Å². The van der Waals surface area contributed by atoms with Crippen LogP contribution in [-0.2, 0) is 11.3 Å². The third kappa shape index (κ3) is 5.32. The van der Waals surface area contributed by atoms with Gasteiger partial charge in [0.2, 0.25) is 5.91 Å². The summed E-state index contributed by atoms with van der Waals surface area (Å²) in [7, 11) is 0. The predicted octanol–water partition coefficient (Wildman–Crippen LogP) is 2.69. The van der Waals surface area contributed by atoms with Crippen molar-refractivity contribution >= 4 is 28.6 Å². The minimum Gasteiger partial charge on any atom is -0.331 e. The fourth-order valence-electron chi connectivity index (χ4n) is 4.04. The Morgan fingerprint density at radius 1 is 1.06 bits per heavy atom. The lowest BCUT2D eigenvalue weighted by Gasteiger charge is -2.28. The third-order valence-corrected chi connectivity index (χ3v) is 5.83. The second-order valence-electron chi connectivity index (χ2n) is 7.97. The molecule has 0 aromatic heterocycles. The van der Waals surface area contributed by atoms with E-state index in [1.54, 1.807) is 18.3 Å². The highest BCUT2D eigenvalue weighted by Crippen LogP contribution is 2.15. The van der Waals surface area contributed by atoms with Crippen molar-refractivity contribution in [2.75, 3.05) is 13.1 Å². The number of nitrogens with one attached hydrogen (secondary N) is 2. The molecule has 7 nitrogen and oxygen atoms in total.